The highest BCUT2D eigenvalue weighted by Crippen LogP contribution is 2.36. The number of nitrogens with zero attached hydrogens (tertiary/aromatic N) is 2. The molecule has 0 atom stereocenters. The lowest BCUT2D eigenvalue weighted by Gasteiger charge is -2.07. The Morgan fingerprint density at radius 1 is 1.11 bits per heavy atom. The van der Waals surface area contributed by atoms with Gasteiger partial charge in [-0.05, 0) is 42.2 Å². The van der Waals surface area contributed by atoms with E-state index in [0.717, 1.165) is 11.5 Å². The van der Waals surface area contributed by atoms with Crippen LogP contribution in [0.15, 0.2) is 42.5 Å². The normalized spacial score (nSPS) is 10.5. The monoisotopic (exact) mass is 384 g/mol. The van der Waals surface area contributed by atoms with Gasteiger partial charge in [-0.2, -0.15) is 4.37 Å². The molecule has 0 saturated heterocycles. The molecule has 0 aliphatic rings. The third-order valence-corrected chi connectivity index (χ3v) is 5.09. The number of hydrogen-bond donors (Lipinski definition) is 0. The SMILES string of the molecule is COC(=O)c1snc(-c2ccc(-c3ccc(OC)cc3)c([N+](=O)[O-])c2)c1C. The Morgan fingerprint density at radius 3 is 2.37 bits per heavy atom. The van der Waals surface area contributed by atoms with Crippen LogP contribution >= 0.6 is 11.5 Å². The fraction of sp³-hybridized carbons (Fsp3) is 0.158. The van der Waals surface area contributed by atoms with Gasteiger partial charge in [0.15, 0.2) is 0 Å². The van der Waals surface area contributed by atoms with Crippen molar-refractivity contribution < 1.29 is 19.2 Å². The fourth-order valence-corrected chi connectivity index (χ4v) is 3.55. The van der Waals surface area contributed by atoms with Gasteiger partial charge in [0.25, 0.3) is 5.69 Å². The maximum atomic E-state index is 11.8. The quantitative estimate of drug-likeness (QED) is 0.366. The van der Waals surface area contributed by atoms with Crippen LogP contribution < -0.4 is 4.74 Å². The summed E-state index contributed by atoms with van der Waals surface area (Å²) in [5, 5.41) is 11.6. The van der Waals surface area contributed by atoms with Crippen molar-refractivity contribution in [1.29, 1.82) is 0 Å². The van der Waals surface area contributed by atoms with Crippen LogP contribution in [0.2, 0.25) is 0 Å². The van der Waals surface area contributed by atoms with Crippen molar-refractivity contribution in [1.82, 2.24) is 4.37 Å². The molecule has 0 saturated carbocycles. The average molecular weight is 384 g/mol. The number of rotatable bonds is 5. The van der Waals surface area contributed by atoms with Gasteiger partial charge in [-0.25, -0.2) is 4.79 Å². The summed E-state index contributed by atoms with van der Waals surface area (Å²) in [6, 6.07) is 12.0. The molecular weight excluding hydrogens is 368 g/mol. The second-order valence-corrected chi connectivity index (χ2v) is 6.47. The Labute approximate surface area is 159 Å². The zero-order valence-corrected chi connectivity index (χ0v) is 15.7. The number of nitro benzene ring substituents is 1. The van der Waals surface area contributed by atoms with Crippen LogP contribution in [0.5, 0.6) is 5.75 Å². The van der Waals surface area contributed by atoms with E-state index in [1.54, 1.807) is 50.4 Å². The predicted octanol–water partition coefficient (Wildman–Crippen LogP) is 4.49. The number of nitro groups is 1. The van der Waals surface area contributed by atoms with E-state index in [0.29, 0.717) is 38.6 Å². The van der Waals surface area contributed by atoms with Crippen molar-refractivity contribution in [3.05, 3.63) is 63.0 Å². The number of aromatic nitrogens is 1. The van der Waals surface area contributed by atoms with Gasteiger partial charge >= 0.3 is 5.97 Å². The molecule has 3 aromatic rings. The molecule has 8 heteroatoms. The molecule has 0 aliphatic heterocycles. The van der Waals surface area contributed by atoms with E-state index < -0.39 is 10.9 Å². The summed E-state index contributed by atoms with van der Waals surface area (Å²) in [7, 11) is 2.86. The van der Waals surface area contributed by atoms with Crippen LogP contribution in [0.1, 0.15) is 15.2 Å². The number of esters is 1. The molecule has 0 spiro atoms. The van der Waals surface area contributed by atoms with Gasteiger partial charge in [-0.15, -0.1) is 0 Å². The first-order valence-electron chi connectivity index (χ1n) is 7.94. The summed E-state index contributed by atoms with van der Waals surface area (Å²) >= 11 is 1.01. The Hall–Kier alpha value is -3.26. The topological polar surface area (TPSA) is 91.6 Å². The van der Waals surface area contributed by atoms with Gasteiger partial charge in [0.1, 0.15) is 10.6 Å². The lowest BCUT2D eigenvalue weighted by Crippen LogP contribution is -2.00. The Bertz CT molecular complexity index is 1010. The summed E-state index contributed by atoms with van der Waals surface area (Å²) < 4.78 is 14.1. The fourth-order valence-electron chi connectivity index (χ4n) is 2.73. The molecule has 0 radical (unpaired) electrons. The predicted molar refractivity (Wildman–Crippen MR) is 102 cm³/mol. The Balaban J connectivity index is 2.08. The highest BCUT2D eigenvalue weighted by atomic mass is 32.1. The minimum atomic E-state index is -0.472. The van der Waals surface area contributed by atoms with E-state index in [2.05, 4.69) is 4.37 Å². The standard InChI is InChI=1S/C19H16N2O5S/c1-11-17(20-27-18(11)19(22)26-3)13-6-9-15(16(10-13)21(23)24)12-4-7-14(25-2)8-5-12/h4-10H,1-3H3. The van der Waals surface area contributed by atoms with Crippen molar-refractivity contribution >= 4 is 23.2 Å². The van der Waals surface area contributed by atoms with Crippen molar-refractivity contribution in [2.45, 2.75) is 6.92 Å². The molecular formula is C19H16N2O5S. The number of methoxy groups -OCH3 is 2. The highest BCUT2D eigenvalue weighted by molar-refractivity contribution is 7.08. The minimum Gasteiger partial charge on any atom is -0.497 e. The van der Waals surface area contributed by atoms with Crippen LogP contribution in [0.3, 0.4) is 0 Å². The highest BCUT2D eigenvalue weighted by Gasteiger charge is 2.22. The molecule has 27 heavy (non-hydrogen) atoms. The summed E-state index contributed by atoms with van der Waals surface area (Å²) in [4.78, 5) is 23.4. The first-order valence-corrected chi connectivity index (χ1v) is 8.71. The van der Waals surface area contributed by atoms with Crippen LogP contribution in [0.25, 0.3) is 22.4 Å². The van der Waals surface area contributed by atoms with Gasteiger partial charge in [0.05, 0.1) is 30.4 Å². The molecule has 0 aliphatic carbocycles. The lowest BCUT2D eigenvalue weighted by atomic mass is 9.99. The van der Waals surface area contributed by atoms with E-state index in [1.165, 1.54) is 13.2 Å². The zero-order valence-electron chi connectivity index (χ0n) is 14.9. The first kappa shape index (κ1) is 18.5. The van der Waals surface area contributed by atoms with Crippen LogP contribution in [0, 0.1) is 17.0 Å². The molecule has 0 unspecified atom stereocenters. The smallest absolute Gasteiger partial charge is 0.349 e. The van der Waals surface area contributed by atoms with Gasteiger partial charge in [0, 0.05) is 17.2 Å². The summed E-state index contributed by atoms with van der Waals surface area (Å²) in [5.41, 5.74) is 2.91. The third-order valence-electron chi connectivity index (χ3n) is 4.16. The second kappa shape index (κ2) is 7.55. The summed E-state index contributed by atoms with van der Waals surface area (Å²) in [6.07, 6.45) is 0. The number of carbonyl (C=O) groups excluding carboxylic acids is 1. The van der Waals surface area contributed by atoms with E-state index >= 15 is 0 Å². The zero-order chi connectivity index (χ0) is 19.6. The van der Waals surface area contributed by atoms with E-state index in [4.69, 9.17) is 9.47 Å². The van der Waals surface area contributed by atoms with E-state index in [9.17, 15) is 14.9 Å². The second-order valence-electron chi connectivity index (χ2n) is 5.69. The van der Waals surface area contributed by atoms with Gasteiger partial charge < -0.3 is 9.47 Å². The molecule has 0 bridgehead atoms. The van der Waals surface area contributed by atoms with E-state index in [-0.39, 0.29) is 5.69 Å². The van der Waals surface area contributed by atoms with Gasteiger partial charge in [0.2, 0.25) is 0 Å². The molecule has 0 fully saturated rings. The maximum Gasteiger partial charge on any atom is 0.349 e. The molecule has 3 rings (SSSR count). The van der Waals surface area contributed by atoms with Crippen molar-refractivity contribution in [2.24, 2.45) is 0 Å². The van der Waals surface area contributed by atoms with Crippen molar-refractivity contribution in [3.8, 4) is 28.1 Å². The maximum absolute atomic E-state index is 11.8. The molecule has 138 valence electrons. The van der Waals surface area contributed by atoms with E-state index in [1.807, 2.05) is 0 Å². The largest absolute Gasteiger partial charge is 0.497 e. The molecule has 0 N–H and O–H groups in total. The van der Waals surface area contributed by atoms with Crippen LogP contribution in [-0.2, 0) is 4.74 Å². The van der Waals surface area contributed by atoms with Gasteiger partial charge in [-0.1, -0.05) is 18.2 Å². The molecule has 0 amide bonds. The average Bonchev–Trinajstić information content (AvgIpc) is 3.08. The number of hydrogen-bond acceptors (Lipinski definition) is 7. The number of benzene rings is 2. The molecule has 7 nitrogen and oxygen atoms in total. The van der Waals surface area contributed by atoms with Crippen molar-refractivity contribution in [2.75, 3.05) is 14.2 Å². The third kappa shape index (κ3) is 3.52. The number of carbonyl (C=O) groups is 1. The molecule has 1 aromatic heterocycles. The van der Waals surface area contributed by atoms with Crippen LogP contribution in [-0.4, -0.2) is 29.5 Å². The summed E-state index contributed by atoms with van der Waals surface area (Å²) in [5.74, 6) is 0.201. The van der Waals surface area contributed by atoms with Crippen LogP contribution in [0.4, 0.5) is 5.69 Å². The Morgan fingerprint density at radius 2 is 1.78 bits per heavy atom. The Kier molecular flexibility index (Phi) is 5.18. The summed E-state index contributed by atoms with van der Waals surface area (Å²) in [6.45, 7) is 1.74. The first-order chi connectivity index (χ1) is 13.0. The molecule has 1 heterocycles. The van der Waals surface area contributed by atoms with Gasteiger partial charge in [-0.3, -0.25) is 10.1 Å². The number of ether oxygens (including phenoxy) is 2. The molecule has 2 aromatic carbocycles. The lowest BCUT2D eigenvalue weighted by molar-refractivity contribution is -0.384. The minimum absolute atomic E-state index is 0.0373. The van der Waals surface area contributed by atoms with Crippen molar-refractivity contribution in [3.63, 3.8) is 0 Å².